The molecule has 1 aliphatic heterocycles. The van der Waals surface area contributed by atoms with Gasteiger partial charge in [0.05, 0.1) is 22.7 Å². The van der Waals surface area contributed by atoms with Crippen LogP contribution in [0, 0.1) is 0 Å². The van der Waals surface area contributed by atoms with E-state index in [4.69, 9.17) is 4.74 Å². The summed E-state index contributed by atoms with van der Waals surface area (Å²) < 4.78 is 34.3. The molecular formula is C22H27N5O4S. The number of para-hydroxylation sites is 2. The standard InChI is InChI=1S/C22H27N5O4S/c1-2-31-21-9-4-3-8-18(21)23-22(28)10-7-15-27-20-12-11-17(16-19(20)24-25-27)32(29,30)26-13-5-6-14-26/h3-4,8-9,11-12,16H,2,5-7,10,13-15H2,1H3,(H,23,28). The highest BCUT2D eigenvalue weighted by Gasteiger charge is 2.27. The topological polar surface area (TPSA) is 106 Å². The highest BCUT2D eigenvalue weighted by molar-refractivity contribution is 7.89. The molecule has 1 aliphatic rings. The molecule has 2 aromatic carbocycles. The van der Waals surface area contributed by atoms with E-state index in [9.17, 15) is 13.2 Å². The minimum absolute atomic E-state index is 0.111. The normalized spacial score (nSPS) is 14.7. The Hall–Kier alpha value is -2.98. The van der Waals surface area contributed by atoms with Crippen molar-refractivity contribution in [2.24, 2.45) is 0 Å². The van der Waals surface area contributed by atoms with Crippen molar-refractivity contribution in [3.05, 3.63) is 42.5 Å². The van der Waals surface area contributed by atoms with Crippen LogP contribution in [0.3, 0.4) is 0 Å². The van der Waals surface area contributed by atoms with Crippen LogP contribution in [-0.2, 0) is 21.4 Å². The maximum Gasteiger partial charge on any atom is 0.243 e. The number of ether oxygens (including phenoxy) is 1. The van der Waals surface area contributed by atoms with Gasteiger partial charge in [-0.1, -0.05) is 17.3 Å². The fourth-order valence-corrected chi connectivity index (χ4v) is 5.35. The van der Waals surface area contributed by atoms with Gasteiger partial charge in [-0.05, 0) is 56.5 Å². The minimum atomic E-state index is -3.49. The minimum Gasteiger partial charge on any atom is -0.492 e. The van der Waals surface area contributed by atoms with E-state index in [-0.39, 0.29) is 10.8 Å². The van der Waals surface area contributed by atoms with Crippen molar-refractivity contribution in [3.8, 4) is 5.75 Å². The third kappa shape index (κ3) is 4.76. The molecule has 0 saturated carbocycles. The Bertz CT molecular complexity index is 1200. The van der Waals surface area contributed by atoms with E-state index in [1.54, 1.807) is 22.9 Å². The maximum absolute atomic E-state index is 12.8. The summed E-state index contributed by atoms with van der Waals surface area (Å²) in [5.41, 5.74) is 1.92. The number of aryl methyl sites for hydroxylation is 1. The van der Waals surface area contributed by atoms with Gasteiger partial charge in [0.25, 0.3) is 0 Å². The van der Waals surface area contributed by atoms with Crippen LogP contribution in [0.4, 0.5) is 5.69 Å². The molecule has 1 aromatic heterocycles. The van der Waals surface area contributed by atoms with Gasteiger partial charge in [-0.3, -0.25) is 4.79 Å². The lowest BCUT2D eigenvalue weighted by Gasteiger charge is -2.15. The molecule has 1 saturated heterocycles. The number of amides is 1. The number of carbonyl (C=O) groups excluding carboxylic acids is 1. The molecule has 0 aliphatic carbocycles. The zero-order valence-corrected chi connectivity index (χ0v) is 18.8. The average molecular weight is 458 g/mol. The van der Waals surface area contributed by atoms with Gasteiger partial charge in [0.2, 0.25) is 15.9 Å². The molecule has 2 heterocycles. The molecule has 3 aromatic rings. The van der Waals surface area contributed by atoms with Crippen LogP contribution in [0.2, 0.25) is 0 Å². The van der Waals surface area contributed by atoms with E-state index in [2.05, 4.69) is 15.6 Å². The number of hydrogen-bond acceptors (Lipinski definition) is 6. The van der Waals surface area contributed by atoms with Crippen molar-refractivity contribution in [2.75, 3.05) is 25.0 Å². The van der Waals surface area contributed by atoms with Crippen molar-refractivity contribution < 1.29 is 17.9 Å². The SMILES string of the molecule is CCOc1ccccc1NC(=O)CCCn1nnc2cc(S(=O)(=O)N3CCCC3)ccc21. The van der Waals surface area contributed by atoms with Gasteiger partial charge in [-0.15, -0.1) is 5.10 Å². The highest BCUT2D eigenvalue weighted by Crippen LogP contribution is 2.25. The first-order valence-corrected chi connectivity index (χ1v) is 12.3. The number of carbonyl (C=O) groups is 1. The second kappa shape index (κ2) is 9.66. The molecule has 10 heteroatoms. The van der Waals surface area contributed by atoms with Gasteiger partial charge < -0.3 is 10.1 Å². The van der Waals surface area contributed by atoms with Gasteiger partial charge in [-0.25, -0.2) is 13.1 Å². The maximum atomic E-state index is 12.8. The summed E-state index contributed by atoms with van der Waals surface area (Å²) in [4.78, 5) is 12.6. The van der Waals surface area contributed by atoms with Crippen LogP contribution in [0.5, 0.6) is 5.75 Å². The van der Waals surface area contributed by atoms with E-state index in [0.717, 1.165) is 18.4 Å². The molecule has 4 rings (SSSR count). The molecule has 1 fully saturated rings. The lowest BCUT2D eigenvalue weighted by molar-refractivity contribution is -0.116. The zero-order valence-electron chi connectivity index (χ0n) is 18.0. The molecule has 0 spiro atoms. The van der Waals surface area contributed by atoms with Gasteiger partial charge in [0.1, 0.15) is 11.3 Å². The fraction of sp³-hybridized carbons (Fsp3) is 0.409. The molecule has 9 nitrogen and oxygen atoms in total. The van der Waals surface area contributed by atoms with Gasteiger partial charge in [0.15, 0.2) is 0 Å². The number of sulfonamides is 1. The van der Waals surface area contributed by atoms with Crippen LogP contribution < -0.4 is 10.1 Å². The largest absolute Gasteiger partial charge is 0.492 e. The van der Waals surface area contributed by atoms with Crippen molar-refractivity contribution in [1.82, 2.24) is 19.3 Å². The molecule has 0 radical (unpaired) electrons. The zero-order chi connectivity index (χ0) is 22.6. The van der Waals surface area contributed by atoms with Crippen molar-refractivity contribution >= 4 is 32.7 Å². The number of nitrogens with zero attached hydrogens (tertiary/aromatic N) is 4. The molecule has 1 N–H and O–H groups in total. The van der Waals surface area contributed by atoms with Crippen molar-refractivity contribution in [2.45, 2.75) is 44.0 Å². The Kier molecular flexibility index (Phi) is 6.71. The summed E-state index contributed by atoms with van der Waals surface area (Å²) in [6.45, 7) is 4.03. The summed E-state index contributed by atoms with van der Waals surface area (Å²) >= 11 is 0. The first kappa shape index (κ1) is 22.2. The predicted octanol–water partition coefficient (Wildman–Crippen LogP) is 3.03. The Morgan fingerprint density at radius 2 is 1.94 bits per heavy atom. The van der Waals surface area contributed by atoms with E-state index in [1.165, 1.54) is 4.31 Å². The van der Waals surface area contributed by atoms with Crippen molar-refractivity contribution in [1.29, 1.82) is 0 Å². The average Bonchev–Trinajstić information content (AvgIpc) is 3.46. The summed E-state index contributed by atoms with van der Waals surface area (Å²) in [5, 5.41) is 11.2. The van der Waals surface area contributed by atoms with E-state index >= 15 is 0 Å². The van der Waals surface area contributed by atoms with Crippen LogP contribution >= 0.6 is 0 Å². The number of fused-ring (bicyclic) bond motifs is 1. The molecule has 32 heavy (non-hydrogen) atoms. The van der Waals surface area contributed by atoms with E-state index in [0.29, 0.717) is 56.0 Å². The third-order valence-corrected chi connectivity index (χ3v) is 7.32. The predicted molar refractivity (Wildman–Crippen MR) is 121 cm³/mol. The monoisotopic (exact) mass is 457 g/mol. The summed E-state index contributed by atoms with van der Waals surface area (Å²) in [5.74, 6) is 0.533. The van der Waals surface area contributed by atoms with E-state index in [1.807, 2.05) is 31.2 Å². The third-order valence-electron chi connectivity index (χ3n) is 5.42. The Morgan fingerprint density at radius 3 is 2.72 bits per heavy atom. The van der Waals surface area contributed by atoms with Crippen LogP contribution in [0.25, 0.3) is 11.0 Å². The number of hydrogen-bond donors (Lipinski definition) is 1. The second-order valence-electron chi connectivity index (χ2n) is 7.66. The first-order chi connectivity index (χ1) is 15.5. The van der Waals surface area contributed by atoms with Gasteiger partial charge >= 0.3 is 0 Å². The van der Waals surface area contributed by atoms with Crippen LogP contribution in [0.1, 0.15) is 32.6 Å². The Morgan fingerprint density at radius 1 is 1.16 bits per heavy atom. The number of aromatic nitrogens is 3. The van der Waals surface area contributed by atoms with Crippen LogP contribution in [0.15, 0.2) is 47.4 Å². The second-order valence-corrected chi connectivity index (χ2v) is 9.59. The molecule has 0 bridgehead atoms. The Labute approximate surface area is 187 Å². The summed E-state index contributed by atoms with van der Waals surface area (Å²) in [6, 6.07) is 12.2. The summed E-state index contributed by atoms with van der Waals surface area (Å²) in [7, 11) is -3.49. The number of anilines is 1. The van der Waals surface area contributed by atoms with Gasteiger partial charge in [-0.2, -0.15) is 4.31 Å². The Balaban J connectivity index is 1.37. The smallest absolute Gasteiger partial charge is 0.243 e. The van der Waals surface area contributed by atoms with E-state index < -0.39 is 10.0 Å². The van der Waals surface area contributed by atoms with Crippen molar-refractivity contribution in [3.63, 3.8) is 0 Å². The molecule has 0 atom stereocenters. The number of benzene rings is 2. The fourth-order valence-electron chi connectivity index (χ4n) is 3.81. The van der Waals surface area contributed by atoms with Crippen LogP contribution in [-0.4, -0.2) is 53.3 Å². The molecular weight excluding hydrogens is 430 g/mol. The molecule has 1 amide bonds. The number of rotatable bonds is 9. The first-order valence-electron chi connectivity index (χ1n) is 10.8. The molecule has 0 unspecified atom stereocenters. The highest BCUT2D eigenvalue weighted by atomic mass is 32.2. The quantitative estimate of drug-likeness (QED) is 0.529. The van der Waals surface area contributed by atoms with Gasteiger partial charge in [0, 0.05) is 26.1 Å². The lowest BCUT2D eigenvalue weighted by atomic mass is 10.2. The number of nitrogens with one attached hydrogen (secondary N) is 1. The lowest BCUT2D eigenvalue weighted by Crippen LogP contribution is -2.27. The molecule has 170 valence electrons. The summed E-state index contributed by atoms with van der Waals surface area (Å²) in [6.07, 6.45) is 2.66.